The number of para-hydroxylation sites is 2. The lowest BCUT2D eigenvalue weighted by atomic mass is 10.0. The van der Waals surface area contributed by atoms with Gasteiger partial charge in [-0.1, -0.05) is 49.0 Å². The van der Waals surface area contributed by atoms with Crippen molar-refractivity contribution in [3.8, 4) is 0 Å². The van der Waals surface area contributed by atoms with Gasteiger partial charge in [-0.25, -0.2) is 4.98 Å². The molecule has 0 saturated heterocycles. The van der Waals surface area contributed by atoms with Crippen LogP contribution in [0.4, 0.5) is 5.69 Å². The molecule has 1 aliphatic heterocycles. The SMILES string of the molecule is CCC(Sc1nc2ccccc2c(=O)n1CC)C(=O)N1CCCc2ccccc21. The molecule has 0 fully saturated rings. The zero-order chi connectivity index (χ0) is 20.4. The highest BCUT2D eigenvalue weighted by molar-refractivity contribution is 8.00. The van der Waals surface area contributed by atoms with Crippen molar-refractivity contribution < 1.29 is 4.79 Å². The van der Waals surface area contributed by atoms with Gasteiger partial charge >= 0.3 is 0 Å². The first-order valence-electron chi connectivity index (χ1n) is 10.2. The predicted molar refractivity (Wildman–Crippen MR) is 119 cm³/mol. The second-order valence-corrected chi connectivity index (χ2v) is 8.37. The van der Waals surface area contributed by atoms with Crippen molar-refractivity contribution in [3.05, 3.63) is 64.4 Å². The summed E-state index contributed by atoms with van der Waals surface area (Å²) in [6.45, 7) is 5.21. The van der Waals surface area contributed by atoms with E-state index in [9.17, 15) is 9.59 Å². The van der Waals surface area contributed by atoms with E-state index in [2.05, 4.69) is 6.07 Å². The minimum Gasteiger partial charge on any atom is -0.311 e. The molecule has 0 bridgehead atoms. The van der Waals surface area contributed by atoms with Crippen LogP contribution >= 0.6 is 11.8 Å². The van der Waals surface area contributed by atoms with Gasteiger partial charge in [0, 0.05) is 18.8 Å². The van der Waals surface area contributed by atoms with Crippen LogP contribution in [0.1, 0.15) is 32.3 Å². The fourth-order valence-corrected chi connectivity index (χ4v) is 5.03. The third-order valence-corrected chi connectivity index (χ3v) is 6.75. The number of benzene rings is 2. The first-order valence-corrected chi connectivity index (χ1v) is 11.1. The van der Waals surface area contributed by atoms with Crippen molar-refractivity contribution in [3.63, 3.8) is 0 Å². The van der Waals surface area contributed by atoms with Crippen LogP contribution in [0.2, 0.25) is 0 Å². The molecule has 2 heterocycles. The third-order valence-electron chi connectivity index (χ3n) is 5.41. The molecule has 1 amide bonds. The number of carbonyl (C=O) groups excluding carboxylic acids is 1. The third kappa shape index (κ3) is 3.69. The van der Waals surface area contributed by atoms with E-state index in [1.54, 1.807) is 10.6 Å². The summed E-state index contributed by atoms with van der Waals surface area (Å²) in [5.41, 5.74) is 2.87. The first kappa shape index (κ1) is 19.7. The second kappa shape index (κ2) is 8.41. The molecule has 1 atom stereocenters. The molecule has 2 aromatic carbocycles. The topological polar surface area (TPSA) is 55.2 Å². The van der Waals surface area contributed by atoms with E-state index in [4.69, 9.17) is 4.98 Å². The molecule has 0 saturated carbocycles. The van der Waals surface area contributed by atoms with E-state index in [0.29, 0.717) is 29.0 Å². The molecule has 6 heteroatoms. The van der Waals surface area contributed by atoms with E-state index < -0.39 is 0 Å². The van der Waals surface area contributed by atoms with E-state index in [0.717, 1.165) is 25.1 Å². The molecule has 1 unspecified atom stereocenters. The fourth-order valence-electron chi connectivity index (χ4n) is 3.89. The predicted octanol–water partition coefficient (Wildman–Crippen LogP) is 4.27. The summed E-state index contributed by atoms with van der Waals surface area (Å²) in [5.74, 6) is 0.0923. The summed E-state index contributed by atoms with van der Waals surface area (Å²) in [6.07, 6.45) is 2.65. The lowest BCUT2D eigenvalue weighted by Crippen LogP contribution is -2.41. The Morgan fingerprint density at radius 1 is 1.14 bits per heavy atom. The summed E-state index contributed by atoms with van der Waals surface area (Å²) >= 11 is 1.41. The fraction of sp³-hybridized carbons (Fsp3) is 0.348. The monoisotopic (exact) mass is 407 g/mol. The Balaban J connectivity index is 1.68. The molecular weight excluding hydrogens is 382 g/mol. The number of amides is 1. The molecule has 0 N–H and O–H groups in total. The smallest absolute Gasteiger partial charge is 0.262 e. The molecule has 0 spiro atoms. The minimum absolute atomic E-state index is 0.0498. The molecule has 0 aliphatic carbocycles. The van der Waals surface area contributed by atoms with Gasteiger partial charge in [-0.15, -0.1) is 0 Å². The highest BCUT2D eigenvalue weighted by Gasteiger charge is 2.29. The maximum Gasteiger partial charge on any atom is 0.262 e. The van der Waals surface area contributed by atoms with Crippen LogP contribution in [0.5, 0.6) is 0 Å². The Morgan fingerprint density at radius 2 is 1.90 bits per heavy atom. The first-order chi connectivity index (χ1) is 14.1. The Bertz CT molecular complexity index is 1110. The van der Waals surface area contributed by atoms with Gasteiger partial charge in [-0.05, 0) is 49.9 Å². The van der Waals surface area contributed by atoms with Crippen molar-refractivity contribution in [2.45, 2.75) is 50.1 Å². The average Bonchev–Trinajstić information content (AvgIpc) is 2.77. The number of hydrogen-bond donors (Lipinski definition) is 0. The molecule has 3 aromatic rings. The lowest BCUT2D eigenvalue weighted by molar-refractivity contribution is -0.118. The van der Waals surface area contributed by atoms with Crippen LogP contribution in [-0.2, 0) is 17.8 Å². The number of aryl methyl sites for hydroxylation is 1. The highest BCUT2D eigenvalue weighted by atomic mass is 32.2. The second-order valence-electron chi connectivity index (χ2n) is 7.20. The highest BCUT2D eigenvalue weighted by Crippen LogP contribution is 2.32. The van der Waals surface area contributed by atoms with E-state index in [-0.39, 0.29) is 16.7 Å². The van der Waals surface area contributed by atoms with E-state index in [1.807, 2.05) is 55.1 Å². The Hall–Kier alpha value is -2.60. The Labute approximate surface area is 174 Å². The average molecular weight is 408 g/mol. The summed E-state index contributed by atoms with van der Waals surface area (Å²) in [5, 5.41) is 0.941. The van der Waals surface area contributed by atoms with Crippen LogP contribution in [0.3, 0.4) is 0 Å². The maximum atomic E-state index is 13.4. The van der Waals surface area contributed by atoms with E-state index in [1.165, 1.54) is 17.3 Å². The largest absolute Gasteiger partial charge is 0.311 e. The van der Waals surface area contributed by atoms with Crippen LogP contribution in [-0.4, -0.2) is 27.3 Å². The Morgan fingerprint density at radius 3 is 2.69 bits per heavy atom. The number of fused-ring (bicyclic) bond motifs is 2. The van der Waals surface area contributed by atoms with Crippen LogP contribution in [0, 0.1) is 0 Å². The zero-order valence-electron chi connectivity index (χ0n) is 16.8. The minimum atomic E-state index is -0.285. The number of carbonyl (C=O) groups is 1. The number of aromatic nitrogens is 2. The number of nitrogens with zero attached hydrogens (tertiary/aromatic N) is 3. The van der Waals surface area contributed by atoms with Crippen LogP contribution in [0.25, 0.3) is 10.9 Å². The Kier molecular flexibility index (Phi) is 5.72. The molecule has 0 radical (unpaired) electrons. The van der Waals surface area contributed by atoms with Gasteiger partial charge in [0.25, 0.3) is 5.56 Å². The van der Waals surface area contributed by atoms with Gasteiger partial charge in [0.1, 0.15) is 0 Å². The van der Waals surface area contributed by atoms with Gasteiger partial charge in [-0.2, -0.15) is 0 Å². The number of anilines is 1. The van der Waals surface area contributed by atoms with Crippen LogP contribution < -0.4 is 10.5 Å². The van der Waals surface area contributed by atoms with Crippen molar-refractivity contribution in [2.24, 2.45) is 0 Å². The molecule has 150 valence electrons. The van der Waals surface area contributed by atoms with Crippen molar-refractivity contribution in [1.29, 1.82) is 0 Å². The normalized spacial score (nSPS) is 14.6. The van der Waals surface area contributed by atoms with Gasteiger partial charge in [0.05, 0.1) is 16.2 Å². The van der Waals surface area contributed by atoms with Crippen molar-refractivity contribution in [1.82, 2.24) is 9.55 Å². The number of rotatable bonds is 5. The molecule has 4 rings (SSSR count). The quantitative estimate of drug-likeness (QED) is 0.468. The molecule has 1 aliphatic rings. The summed E-state index contributed by atoms with van der Waals surface area (Å²) in [7, 11) is 0. The maximum absolute atomic E-state index is 13.4. The van der Waals surface area contributed by atoms with Crippen molar-refractivity contribution in [2.75, 3.05) is 11.4 Å². The molecule has 1 aromatic heterocycles. The molecular formula is C23H25N3O2S. The summed E-state index contributed by atoms with van der Waals surface area (Å²) < 4.78 is 1.67. The summed E-state index contributed by atoms with van der Waals surface area (Å²) in [4.78, 5) is 33.0. The van der Waals surface area contributed by atoms with Gasteiger partial charge in [0.2, 0.25) is 5.91 Å². The zero-order valence-corrected chi connectivity index (χ0v) is 17.6. The molecule has 5 nitrogen and oxygen atoms in total. The van der Waals surface area contributed by atoms with Crippen molar-refractivity contribution >= 4 is 34.3 Å². The van der Waals surface area contributed by atoms with Crippen LogP contribution in [0.15, 0.2) is 58.5 Å². The number of hydrogen-bond acceptors (Lipinski definition) is 4. The van der Waals surface area contributed by atoms with E-state index >= 15 is 0 Å². The van der Waals surface area contributed by atoms with Gasteiger partial charge < -0.3 is 4.90 Å². The number of thioether (sulfide) groups is 1. The van der Waals surface area contributed by atoms with Gasteiger partial charge in [0.15, 0.2) is 5.16 Å². The molecule has 29 heavy (non-hydrogen) atoms. The summed E-state index contributed by atoms with van der Waals surface area (Å²) in [6, 6.07) is 15.5. The lowest BCUT2D eigenvalue weighted by Gasteiger charge is -2.32. The standard InChI is InChI=1S/C23H25N3O2S/c1-3-20(22(28)26-15-9-11-16-10-5-8-14-19(16)26)29-23-24-18-13-7-6-12-17(18)21(27)25(23)4-2/h5-8,10,12-14,20H,3-4,9,11,15H2,1-2H3. The van der Waals surface area contributed by atoms with Gasteiger partial charge in [-0.3, -0.25) is 14.2 Å².